The number of unbranched alkanes of at least 4 members (excludes halogenated alkanes) is 16. The molecule has 0 saturated heterocycles. The fourth-order valence-electron chi connectivity index (χ4n) is 7.16. The van der Waals surface area contributed by atoms with Gasteiger partial charge in [-0.2, -0.15) is 0 Å². The molecule has 1 aliphatic rings. The van der Waals surface area contributed by atoms with Crippen LogP contribution in [0.4, 0.5) is 0 Å². The van der Waals surface area contributed by atoms with Crippen LogP contribution in [-0.4, -0.2) is 110 Å². The molecule has 15 heteroatoms. The summed E-state index contributed by atoms with van der Waals surface area (Å²) in [5, 5.41) is 60.1. The van der Waals surface area contributed by atoms with E-state index in [-0.39, 0.29) is 12.8 Å². The van der Waals surface area contributed by atoms with Crippen molar-refractivity contribution < 1.29 is 68.2 Å². The lowest BCUT2D eigenvalue weighted by atomic mass is 9.85. The number of phosphoric ester groups is 1. The summed E-state index contributed by atoms with van der Waals surface area (Å²) in [5.41, 5.74) is 0. The van der Waals surface area contributed by atoms with Gasteiger partial charge < -0.3 is 45.0 Å². The number of hydrogen-bond donors (Lipinski definition) is 7. The third-order valence-electron chi connectivity index (χ3n) is 11.2. The summed E-state index contributed by atoms with van der Waals surface area (Å²) in [7, 11) is -5.15. The molecule has 0 aromatic carbocycles. The molecule has 14 nitrogen and oxygen atoms in total. The number of carbonyl (C=O) groups excluding carboxylic acids is 2. The van der Waals surface area contributed by atoms with Gasteiger partial charge in [0, 0.05) is 12.8 Å². The Labute approximate surface area is 396 Å². The van der Waals surface area contributed by atoms with Gasteiger partial charge in [0.1, 0.15) is 43.2 Å². The molecule has 1 aliphatic carbocycles. The fraction of sp³-hybridized carbons (Fsp3) is 0.725. The molecule has 0 aromatic rings. The van der Waals surface area contributed by atoms with Gasteiger partial charge in [-0.1, -0.05) is 189 Å². The third-order valence-corrected chi connectivity index (χ3v) is 12.1. The molecule has 0 heterocycles. The van der Waals surface area contributed by atoms with Crippen LogP contribution in [0.25, 0.3) is 0 Å². The van der Waals surface area contributed by atoms with Gasteiger partial charge in [0.25, 0.3) is 0 Å². The minimum absolute atomic E-state index is 0.0247. The lowest BCUT2D eigenvalue weighted by Gasteiger charge is -2.41. The first-order valence-electron chi connectivity index (χ1n) is 24.8. The van der Waals surface area contributed by atoms with Gasteiger partial charge in [-0.05, 0) is 44.9 Å². The molecule has 1 rings (SSSR count). The monoisotopic (exact) mass is 955 g/mol. The summed E-state index contributed by atoms with van der Waals surface area (Å²) in [6.45, 7) is 3.04. The Morgan fingerprint density at radius 3 is 1.58 bits per heavy atom. The van der Waals surface area contributed by atoms with E-state index >= 15 is 0 Å². The molecule has 0 spiro atoms. The molecule has 7 N–H and O–H groups in total. The van der Waals surface area contributed by atoms with Crippen LogP contribution in [0.15, 0.2) is 72.9 Å². The van der Waals surface area contributed by atoms with Crippen molar-refractivity contribution in [3.05, 3.63) is 72.9 Å². The summed E-state index contributed by atoms with van der Waals surface area (Å²) in [6.07, 6.45) is 34.3. The van der Waals surface area contributed by atoms with Crippen molar-refractivity contribution in [3.63, 3.8) is 0 Å². The number of ether oxygens (including phenoxy) is 2. The van der Waals surface area contributed by atoms with E-state index in [4.69, 9.17) is 18.5 Å². The zero-order chi connectivity index (χ0) is 48.7. The Kier molecular flexibility index (Phi) is 37.3. The highest BCUT2D eigenvalue weighted by Crippen LogP contribution is 2.47. The zero-order valence-corrected chi connectivity index (χ0v) is 41.0. The zero-order valence-electron chi connectivity index (χ0n) is 40.1. The van der Waals surface area contributed by atoms with Crippen LogP contribution in [0.2, 0.25) is 0 Å². The smallest absolute Gasteiger partial charge is 0.462 e. The molecule has 0 aromatic heterocycles. The van der Waals surface area contributed by atoms with Crippen LogP contribution >= 0.6 is 7.82 Å². The van der Waals surface area contributed by atoms with Gasteiger partial charge in [0.2, 0.25) is 0 Å². The molecule has 1 saturated carbocycles. The Hall–Kier alpha value is -2.75. The van der Waals surface area contributed by atoms with Crippen LogP contribution in [0.3, 0.4) is 0 Å². The van der Waals surface area contributed by atoms with Crippen molar-refractivity contribution in [3.8, 4) is 0 Å². The van der Waals surface area contributed by atoms with Crippen molar-refractivity contribution in [2.24, 2.45) is 0 Å². The van der Waals surface area contributed by atoms with Crippen LogP contribution in [0, 0.1) is 0 Å². The van der Waals surface area contributed by atoms with E-state index in [0.717, 1.165) is 44.9 Å². The normalized spacial score (nSPS) is 22.4. The van der Waals surface area contributed by atoms with Crippen LogP contribution in [0.1, 0.15) is 174 Å². The van der Waals surface area contributed by atoms with Gasteiger partial charge >= 0.3 is 19.8 Å². The largest absolute Gasteiger partial charge is 0.472 e. The van der Waals surface area contributed by atoms with E-state index < -0.39 is 81.8 Å². The number of allylic oxidation sites excluding steroid dienone is 10. The van der Waals surface area contributed by atoms with E-state index in [0.29, 0.717) is 25.7 Å². The van der Waals surface area contributed by atoms with Crippen molar-refractivity contribution in [2.45, 2.75) is 223 Å². The van der Waals surface area contributed by atoms with Crippen molar-refractivity contribution >= 4 is 19.8 Å². The Bertz CT molecular complexity index is 1450. The van der Waals surface area contributed by atoms with E-state index in [1.54, 1.807) is 6.08 Å². The Morgan fingerprint density at radius 2 is 1.05 bits per heavy atom. The molecule has 380 valence electrons. The molecular weight excluding hydrogens is 868 g/mol. The number of carbonyl (C=O) groups is 2. The van der Waals surface area contributed by atoms with Crippen LogP contribution < -0.4 is 0 Å². The summed E-state index contributed by atoms with van der Waals surface area (Å²) < 4.78 is 33.5. The predicted octanol–water partition coefficient (Wildman–Crippen LogP) is 9.25. The lowest BCUT2D eigenvalue weighted by molar-refractivity contribution is -0.220. The van der Waals surface area contributed by atoms with Crippen LogP contribution in [0.5, 0.6) is 0 Å². The number of aliphatic hydroxyl groups excluding tert-OH is 6. The molecule has 0 aliphatic heterocycles. The van der Waals surface area contributed by atoms with E-state index in [1.807, 2.05) is 54.7 Å². The maximum Gasteiger partial charge on any atom is 0.472 e. The second-order valence-electron chi connectivity index (χ2n) is 17.1. The molecule has 9 atom stereocenters. The molecule has 0 bridgehead atoms. The second-order valence-corrected chi connectivity index (χ2v) is 18.6. The number of esters is 2. The quantitative estimate of drug-likeness (QED) is 0.00999. The topological polar surface area (TPSA) is 230 Å². The van der Waals surface area contributed by atoms with Crippen molar-refractivity contribution in [1.29, 1.82) is 0 Å². The van der Waals surface area contributed by atoms with E-state index in [9.17, 15) is 49.7 Å². The maximum absolute atomic E-state index is 12.8. The maximum atomic E-state index is 12.8. The Morgan fingerprint density at radius 1 is 0.561 bits per heavy atom. The number of rotatable bonds is 40. The highest BCUT2D eigenvalue weighted by molar-refractivity contribution is 7.47. The third kappa shape index (κ3) is 32.1. The van der Waals surface area contributed by atoms with Crippen LogP contribution in [-0.2, 0) is 32.7 Å². The SMILES string of the molecule is CC/C=C\CC(O)/C=C/C=C/C/C=C\C/C=C\C/C=C\CCC(=O)OC[C@H](COP(=O)(O)OC1[C@H](O)[C@H](O)C(O)[C@H](O)[C@H]1O)OC(=O)CCCCCCCCCCCCCCCCCCC. The minimum atomic E-state index is -5.15. The molecule has 0 amide bonds. The summed E-state index contributed by atoms with van der Waals surface area (Å²) >= 11 is 0. The molecule has 0 radical (unpaired) electrons. The first kappa shape index (κ1) is 61.3. The number of aliphatic hydroxyl groups is 6. The second kappa shape index (κ2) is 40.2. The van der Waals surface area contributed by atoms with Gasteiger partial charge in [-0.3, -0.25) is 18.6 Å². The first-order chi connectivity index (χ1) is 31.8. The molecule has 1 fully saturated rings. The standard InChI is InChI=1S/C51H87O14P/c1-3-5-7-8-9-10-11-12-13-14-15-18-22-25-28-31-35-39-45(54)64-43(41-63-66(60,61)65-51-49(58)47(56)46(55)48(57)50(51)59)40-62-44(53)38-34-30-27-24-21-19-16-17-20-23-26-29-33-37-42(52)36-32-6-4-2/h6,17,19-21,26-27,29-30,32-33,37,42-43,46-52,55-59H,3-5,7-16,18,22-25,28,31,34-36,38-41H2,1-2H3,(H,60,61)/b20-17-,21-19-,29-26+,30-27-,32-6-,37-33+/t42?,43-,46?,47-,48+,49-,50-,51?/m1/s1. The number of hydrogen-bond acceptors (Lipinski definition) is 13. The van der Waals surface area contributed by atoms with E-state index in [1.165, 1.54) is 77.0 Å². The van der Waals surface area contributed by atoms with Gasteiger partial charge in [-0.25, -0.2) is 4.57 Å². The minimum Gasteiger partial charge on any atom is -0.462 e. The lowest BCUT2D eigenvalue weighted by Crippen LogP contribution is -2.64. The number of phosphoric acid groups is 1. The van der Waals surface area contributed by atoms with Gasteiger partial charge in [0.05, 0.1) is 12.7 Å². The fourth-order valence-corrected chi connectivity index (χ4v) is 8.14. The molecular formula is C51H87O14P. The van der Waals surface area contributed by atoms with Crippen molar-refractivity contribution in [2.75, 3.05) is 13.2 Å². The molecule has 66 heavy (non-hydrogen) atoms. The first-order valence-corrected chi connectivity index (χ1v) is 26.3. The van der Waals surface area contributed by atoms with Gasteiger partial charge in [0.15, 0.2) is 6.10 Å². The average molecular weight is 955 g/mol. The predicted molar refractivity (Wildman–Crippen MR) is 259 cm³/mol. The average Bonchev–Trinajstić information content (AvgIpc) is 3.29. The Balaban J connectivity index is 2.49. The molecule has 4 unspecified atom stereocenters. The summed E-state index contributed by atoms with van der Waals surface area (Å²) in [4.78, 5) is 35.8. The highest BCUT2D eigenvalue weighted by atomic mass is 31.2. The summed E-state index contributed by atoms with van der Waals surface area (Å²) in [5.74, 6) is -1.22. The van der Waals surface area contributed by atoms with Gasteiger partial charge in [-0.15, -0.1) is 0 Å². The summed E-state index contributed by atoms with van der Waals surface area (Å²) in [6, 6.07) is 0. The highest BCUT2D eigenvalue weighted by Gasteiger charge is 2.51. The van der Waals surface area contributed by atoms with E-state index in [2.05, 4.69) is 26.0 Å². The van der Waals surface area contributed by atoms with Crippen molar-refractivity contribution in [1.82, 2.24) is 0 Å².